The predicted molar refractivity (Wildman–Crippen MR) is 42.1 cm³/mol. The summed E-state index contributed by atoms with van der Waals surface area (Å²) in [6.45, 7) is 0. The van der Waals surface area contributed by atoms with E-state index in [4.69, 9.17) is 0 Å². The highest BCUT2D eigenvalue weighted by atomic mass is 19.2. The van der Waals surface area contributed by atoms with Gasteiger partial charge in [0.25, 0.3) is 5.56 Å². The molecule has 0 unspecified atom stereocenters. The van der Waals surface area contributed by atoms with Crippen LogP contribution in [0.25, 0.3) is 11.2 Å². The first-order valence-electron chi connectivity index (χ1n) is 3.44. The number of nitrogens with zero attached hydrogens (tertiary/aromatic N) is 3. The van der Waals surface area contributed by atoms with Crippen molar-refractivity contribution in [1.82, 2.24) is 19.3 Å². The molecule has 0 amide bonds. The molecule has 68 valence electrons. The first-order chi connectivity index (χ1) is 6.13. The van der Waals surface area contributed by atoms with E-state index in [1.807, 2.05) is 0 Å². The standard InChI is InChI=1S/C6H5FN4O2/c1-10-5(12)3-4(9-2-8-3)11(7)6(10)13/h2H,1H3,(H,8,9). The Labute approximate surface area is 70.2 Å². The van der Waals surface area contributed by atoms with Crippen LogP contribution in [0.4, 0.5) is 4.48 Å². The van der Waals surface area contributed by atoms with Crippen LogP contribution in [0.15, 0.2) is 15.9 Å². The summed E-state index contributed by atoms with van der Waals surface area (Å²) in [6, 6.07) is 0. The fourth-order valence-electron chi connectivity index (χ4n) is 1.07. The second-order valence-electron chi connectivity index (χ2n) is 2.53. The van der Waals surface area contributed by atoms with Crippen LogP contribution >= 0.6 is 0 Å². The van der Waals surface area contributed by atoms with Gasteiger partial charge in [0.1, 0.15) is 0 Å². The molecule has 0 aromatic carbocycles. The van der Waals surface area contributed by atoms with Crippen molar-refractivity contribution in [3.05, 3.63) is 27.2 Å². The first kappa shape index (κ1) is 7.71. The van der Waals surface area contributed by atoms with Crippen LogP contribution in [0.5, 0.6) is 0 Å². The average Bonchev–Trinajstić information content (AvgIpc) is 2.59. The Morgan fingerprint density at radius 2 is 2.23 bits per heavy atom. The second-order valence-corrected chi connectivity index (χ2v) is 2.53. The van der Waals surface area contributed by atoms with Crippen molar-refractivity contribution in [2.45, 2.75) is 0 Å². The minimum atomic E-state index is -1.04. The van der Waals surface area contributed by atoms with Gasteiger partial charge in [0.15, 0.2) is 11.2 Å². The first-order valence-corrected chi connectivity index (χ1v) is 3.44. The predicted octanol–water partition coefficient (Wildman–Crippen LogP) is -0.844. The monoisotopic (exact) mass is 184 g/mol. The van der Waals surface area contributed by atoms with Gasteiger partial charge in [0.2, 0.25) is 0 Å². The molecule has 7 heteroatoms. The third-order valence-corrected chi connectivity index (χ3v) is 1.78. The lowest BCUT2D eigenvalue weighted by Gasteiger charge is -1.97. The number of nitrogens with one attached hydrogen (secondary N) is 1. The zero-order valence-electron chi connectivity index (χ0n) is 6.61. The molecule has 0 aliphatic heterocycles. The highest BCUT2D eigenvalue weighted by molar-refractivity contribution is 5.68. The highest BCUT2D eigenvalue weighted by Crippen LogP contribution is 1.99. The molecule has 0 radical (unpaired) electrons. The van der Waals surface area contributed by atoms with E-state index in [2.05, 4.69) is 9.97 Å². The number of fused-ring (bicyclic) bond motifs is 1. The van der Waals surface area contributed by atoms with Crippen molar-refractivity contribution in [1.29, 1.82) is 0 Å². The second kappa shape index (κ2) is 2.28. The van der Waals surface area contributed by atoms with E-state index in [0.717, 1.165) is 6.33 Å². The highest BCUT2D eigenvalue weighted by Gasteiger charge is 2.11. The van der Waals surface area contributed by atoms with E-state index in [1.54, 1.807) is 0 Å². The van der Waals surface area contributed by atoms with Gasteiger partial charge in [-0.2, -0.15) is 0 Å². The van der Waals surface area contributed by atoms with Gasteiger partial charge >= 0.3 is 5.69 Å². The maximum Gasteiger partial charge on any atom is 0.361 e. The molecule has 13 heavy (non-hydrogen) atoms. The lowest BCUT2D eigenvalue weighted by Crippen LogP contribution is -2.35. The van der Waals surface area contributed by atoms with Crippen LogP contribution in [0, 0.1) is 0 Å². The molecular formula is C6H5FN4O2. The largest absolute Gasteiger partial charge is 0.361 e. The summed E-state index contributed by atoms with van der Waals surface area (Å²) >= 11 is 0. The number of aromatic nitrogens is 4. The molecule has 0 saturated carbocycles. The Morgan fingerprint density at radius 1 is 1.54 bits per heavy atom. The van der Waals surface area contributed by atoms with Gasteiger partial charge in [-0.25, -0.2) is 9.78 Å². The SMILES string of the molecule is Cn1c(=O)c2[nH]cnc2n(F)c1=O. The molecule has 0 saturated heterocycles. The molecule has 2 rings (SSSR count). The average molecular weight is 184 g/mol. The van der Waals surface area contributed by atoms with Crippen LogP contribution in [0.3, 0.4) is 0 Å². The molecular weight excluding hydrogens is 179 g/mol. The van der Waals surface area contributed by atoms with E-state index in [1.165, 1.54) is 7.05 Å². The van der Waals surface area contributed by atoms with Crippen LogP contribution in [-0.2, 0) is 7.05 Å². The van der Waals surface area contributed by atoms with E-state index in [0.29, 0.717) is 4.57 Å². The molecule has 0 fully saturated rings. The van der Waals surface area contributed by atoms with E-state index >= 15 is 0 Å². The number of hydrogen-bond acceptors (Lipinski definition) is 3. The third-order valence-electron chi connectivity index (χ3n) is 1.78. The Hall–Kier alpha value is -1.92. The fraction of sp³-hybridized carbons (Fsp3) is 0.167. The smallest absolute Gasteiger partial charge is 0.339 e. The van der Waals surface area contributed by atoms with Crippen molar-refractivity contribution in [2.24, 2.45) is 7.05 Å². The Kier molecular flexibility index (Phi) is 1.35. The fourth-order valence-corrected chi connectivity index (χ4v) is 1.07. The minimum Gasteiger partial charge on any atom is -0.339 e. The normalized spacial score (nSPS) is 10.9. The van der Waals surface area contributed by atoms with Gasteiger partial charge in [-0.3, -0.25) is 9.36 Å². The molecule has 0 spiro atoms. The number of aromatic amines is 1. The summed E-state index contributed by atoms with van der Waals surface area (Å²) in [7, 11) is 1.20. The molecule has 1 N–H and O–H groups in total. The topological polar surface area (TPSA) is 72.7 Å². The maximum absolute atomic E-state index is 13.0. The van der Waals surface area contributed by atoms with E-state index < -0.39 is 11.2 Å². The Balaban J connectivity index is 3.21. The molecule has 0 atom stereocenters. The molecule has 2 aromatic heterocycles. The number of H-pyrrole nitrogens is 1. The minimum absolute atomic E-state index is 0.0235. The van der Waals surface area contributed by atoms with E-state index in [-0.39, 0.29) is 16.0 Å². The van der Waals surface area contributed by atoms with Gasteiger partial charge < -0.3 is 4.98 Å². The van der Waals surface area contributed by atoms with Crippen LogP contribution in [0.1, 0.15) is 0 Å². The maximum atomic E-state index is 13.0. The van der Waals surface area contributed by atoms with E-state index in [9.17, 15) is 14.1 Å². The Morgan fingerprint density at radius 3 is 2.92 bits per heavy atom. The van der Waals surface area contributed by atoms with Crippen molar-refractivity contribution in [3.8, 4) is 0 Å². The van der Waals surface area contributed by atoms with Crippen LogP contribution in [0.2, 0.25) is 0 Å². The van der Waals surface area contributed by atoms with Gasteiger partial charge in [-0.15, -0.1) is 4.79 Å². The zero-order chi connectivity index (χ0) is 9.59. The molecule has 0 bridgehead atoms. The van der Waals surface area contributed by atoms with Crippen molar-refractivity contribution in [2.75, 3.05) is 0 Å². The Bertz CT molecular complexity index is 578. The molecule has 0 aliphatic rings. The third kappa shape index (κ3) is 0.835. The molecule has 0 aliphatic carbocycles. The molecule has 2 heterocycles. The zero-order valence-corrected chi connectivity index (χ0v) is 6.61. The van der Waals surface area contributed by atoms with Gasteiger partial charge in [0, 0.05) is 7.05 Å². The number of rotatable bonds is 0. The van der Waals surface area contributed by atoms with Crippen molar-refractivity contribution < 1.29 is 4.48 Å². The lowest BCUT2D eigenvalue weighted by atomic mass is 10.5. The molecule has 6 nitrogen and oxygen atoms in total. The van der Waals surface area contributed by atoms with Crippen molar-refractivity contribution >= 4 is 11.2 Å². The summed E-state index contributed by atoms with van der Waals surface area (Å²) in [5.41, 5.74) is -1.94. The van der Waals surface area contributed by atoms with Crippen LogP contribution in [-0.4, -0.2) is 19.3 Å². The van der Waals surface area contributed by atoms with Gasteiger partial charge in [0.05, 0.1) is 6.33 Å². The summed E-state index contributed by atoms with van der Waals surface area (Å²) in [6.07, 6.45) is 1.15. The molecule has 2 aromatic rings. The summed E-state index contributed by atoms with van der Waals surface area (Å²) < 4.78 is 13.7. The number of hydrogen-bond donors (Lipinski definition) is 1. The number of halogens is 1. The quantitative estimate of drug-likeness (QED) is 0.580. The number of imidazole rings is 1. The van der Waals surface area contributed by atoms with Gasteiger partial charge in [-0.1, -0.05) is 4.48 Å². The van der Waals surface area contributed by atoms with Crippen molar-refractivity contribution in [3.63, 3.8) is 0 Å². The summed E-state index contributed by atoms with van der Waals surface area (Å²) in [5, 5.41) is 0. The van der Waals surface area contributed by atoms with Crippen LogP contribution < -0.4 is 11.2 Å². The lowest BCUT2D eigenvalue weighted by molar-refractivity contribution is 0.349. The summed E-state index contributed by atoms with van der Waals surface area (Å²) in [5.74, 6) is 0. The van der Waals surface area contributed by atoms with Gasteiger partial charge in [-0.05, 0) is 0 Å². The summed E-state index contributed by atoms with van der Waals surface area (Å²) in [4.78, 5) is 28.1.